The van der Waals surface area contributed by atoms with Crippen molar-refractivity contribution in [1.82, 2.24) is 9.80 Å². The van der Waals surface area contributed by atoms with Gasteiger partial charge in [-0.1, -0.05) is 109 Å². The second-order valence-electron chi connectivity index (χ2n) is 10.8. The number of nitrogens with zero attached hydrogens (tertiary/aromatic N) is 2. The van der Waals surface area contributed by atoms with Gasteiger partial charge in [-0.2, -0.15) is 0 Å². The number of benzene rings is 4. The lowest BCUT2D eigenvalue weighted by Gasteiger charge is -2.40. The standard InChI is InChI=1S/C36H36N2O5/c1-26(39)29-19-17-27(18-20-29)22-37(34(25-42-2)30-13-7-4-8-14-30)35(40)33-21-31-15-9-10-16-32(31)23-38(33)36(41)43-24-28-11-5-3-6-12-28/h3-20,33-34H,21-25H2,1-2H3/t33-,34-/m0/s1. The number of hydrogen-bond donors (Lipinski definition) is 0. The van der Waals surface area contributed by atoms with Gasteiger partial charge in [-0.3, -0.25) is 14.5 Å². The van der Waals surface area contributed by atoms with E-state index in [1.807, 2.05) is 97.1 Å². The van der Waals surface area contributed by atoms with Crippen molar-refractivity contribution in [3.8, 4) is 0 Å². The summed E-state index contributed by atoms with van der Waals surface area (Å²) in [5.41, 5.74) is 5.29. The highest BCUT2D eigenvalue weighted by molar-refractivity contribution is 5.94. The van der Waals surface area contributed by atoms with Crippen LogP contribution in [0.15, 0.2) is 109 Å². The Hall–Kier alpha value is -4.75. The van der Waals surface area contributed by atoms with E-state index in [2.05, 4.69) is 0 Å². The van der Waals surface area contributed by atoms with Crippen molar-refractivity contribution in [3.05, 3.63) is 143 Å². The second kappa shape index (κ2) is 13.9. The minimum atomic E-state index is -0.780. The highest BCUT2D eigenvalue weighted by Crippen LogP contribution is 2.30. The highest BCUT2D eigenvalue weighted by atomic mass is 16.6. The van der Waals surface area contributed by atoms with Crippen molar-refractivity contribution in [2.45, 2.75) is 45.1 Å². The fourth-order valence-corrected chi connectivity index (χ4v) is 5.51. The number of ketones is 1. The van der Waals surface area contributed by atoms with Crippen LogP contribution in [-0.2, 0) is 40.4 Å². The van der Waals surface area contributed by atoms with E-state index in [1.165, 1.54) is 6.92 Å². The molecule has 2 amide bonds. The smallest absolute Gasteiger partial charge is 0.411 e. The Labute approximate surface area is 252 Å². The summed E-state index contributed by atoms with van der Waals surface area (Å²) in [4.78, 5) is 43.6. The molecule has 0 N–H and O–H groups in total. The monoisotopic (exact) mass is 576 g/mol. The number of ether oxygens (including phenoxy) is 2. The number of hydrogen-bond acceptors (Lipinski definition) is 5. The number of fused-ring (bicyclic) bond motifs is 1. The topological polar surface area (TPSA) is 76.2 Å². The first-order chi connectivity index (χ1) is 20.9. The molecule has 0 unspecified atom stereocenters. The molecule has 4 aromatic rings. The number of amides is 2. The molecule has 43 heavy (non-hydrogen) atoms. The molecule has 0 aliphatic carbocycles. The van der Waals surface area contributed by atoms with Gasteiger partial charge in [0.05, 0.1) is 19.2 Å². The first-order valence-corrected chi connectivity index (χ1v) is 14.4. The predicted molar refractivity (Wildman–Crippen MR) is 164 cm³/mol. The number of carbonyl (C=O) groups is 3. The van der Waals surface area contributed by atoms with Crippen LogP contribution in [0.4, 0.5) is 4.79 Å². The van der Waals surface area contributed by atoms with Crippen LogP contribution in [0, 0.1) is 0 Å². The van der Waals surface area contributed by atoms with E-state index in [1.54, 1.807) is 29.0 Å². The third-order valence-corrected chi connectivity index (χ3v) is 7.85. The summed E-state index contributed by atoms with van der Waals surface area (Å²) >= 11 is 0. The molecule has 0 fully saturated rings. The fourth-order valence-electron chi connectivity index (χ4n) is 5.51. The van der Waals surface area contributed by atoms with E-state index < -0.39 is 18.2 Å². The van der Waals surface area contributed by atoms with E-state index in [-0.39, 0.29) is 38.0 Å². The molecule has 4 aromatic carbocycles. The summed E-state index contributed by atoms with van der Waals surface area (Å²) in [6.45, 7) is 2.44. The maximum absolute atomic E-state index is 14.7. The maximum atomic E-state index is 14.7. The number of carbonyl (C=O) groups excluding carboxylic acids is 3. The lowest BCUT2D eigenvalue weighted by molar-refractivity contribution is -0.141. The Kier molecular flexibility index (Phi) is 9.64. The Bertz CT molecular complexity index is 1540. The molecule has 0 aromatic heterocycles. The summed E-state index contributed by atoms with van der Waals surface area (Å²) in [6.07, 6.45) is -0.172. The van der Waals surface area contributed by atoms with Crippen molar-refractivity contribution in [1.29, 1.82) is 0 Å². The van der Waals surface area contributed by atoms with Gasteiger partial charge in [-0.05, 0) is 34.7 Å². The zero-order valence-corrected chi connectivity index (χ0v) is 24.5. The van der Waals surface area contributed by atoms with Gasteiger partial charge < -0.3 is 14.4 Å². The molecular weight excluding hydrogens is 540 g/mol. The van der Waals surface area contributed by atoms with Crippen molar-refractivity contribution < 1.29 is 23.9 Å². The highest BCUT2D eigenvalue weighted by Gasteiger charge is 2.40. The second-order valence-corrected chi connectivity index (χ2v) is 10.8. The molecule has 0 saturated carbocycles. The Morgan fingerprint density at radius 2 is 1.44 bits per heavy atom. The minimum Gasteiger partial charge on any atom is -0.445 e. The van der Waals surface area contributed by atoms with Crippen molar-refractivity contribution in [2.24, 2.45) is 0 Å². The van der Waals surface area contributed by atoms with Crippen molar-refractivity contribution in [2.75, 3.05) is 13.7 Å². The molecule has 0 radical (unpaired) electrons. The molecule has 220 valence electrons. The first-order valence-electron chi connectivity index (χ1n) is 14.4. The Morgan fingerprint density at radius 3 is 2.09 bits per heavy atom. The number of rotatable bonds is 10. The van der Waals surface area contributed by atoms with Crippen LogP contribution in [0.25, 0.3) is 0 Å². The van der Waals surface area contributed by atoms with Crippen LogP contribution in [0.1, 0.15) is 51.1 Å². The van der Waals surface area contributed by atoms with E-state index >= 15 is 0 Å². The van der Waals surface area contributed by atoms with Gasteiger partial charge in [0.1, 0.15) is 12.6 Å². The maximum Gasteiger partial charge on any atom is 0.411 e. The number of methoxy groups -OCH3 is 1. The van der Waals surface area contributed by atoms with Crippen LogP contribution in [0.2, 0.25) is 0 Å². The van der Waals surface area contributed by atoms with E-state index in [0.717, 1.165) is 27.8 Å². The van der Waals surface area contributed by atoms with Gasteiger partial charge in [-0.15, -0.1) is 0 Å². The summed E-state index contributed by atoms with van der Waals surface area (Å²) in [7, 11) is 1.62. The first kappa shape index (κ1) is 29.7. The quantitative estimate of drug-likeness (QED) is 0.205. The van der Waals surface area contributed by atoms with Gasteiger partial charge in [0, 0.05) is 25.6 Å². The Balaban J connectivity index is 1.50. The SMILES string of the molecule is COC[C@@H](c1ccccc1)N(Cc1ccc(C(C)=O)cc1)C(=O)[C@@H]1Cc2ccccc2CN1C(=O)OCc1ccccc1. The number of Topliss-reactive ketones (excluding diaryl/α,β-unsaturated/α-hetero) is 1. The van der Waals surface area contributed by atoms with Crippen LogP contribution in [-0.4, -0.2) is 47.3 Å². The van der Waals surface area contributed by atoms with Gasteiger partial charge in [0.2, 0.25) is 5.91 Å². The van der Waals surface area contributed by atoms with Crippen LogP contribution in [0.5, 0.6) is 0 Å². The molecule has 1 heterocycles. The van der Waals surface area contributed by atoms with E-state index in [4.69, 9.17) is 9.47 Å². The van der Waals surface area contributed by atoms with Crippen LogP contribution < -0.4 is 0 Å². The molecule has 0 spiro atoms. The molecule has 7 nitrogen and oxygen atoms in total. The third kappa shape index (κ3) is 7.19. The summed E-state index contributed by atoms with van der Waals surface area (Å²) < 4.78 is 11.4. The largest absolute Gasteiger partial charge is 0.445 e. The van der Waals surface area contributed by atoms with Crippen LogP contribution >= 0.6 is 0 Å². The molecule has 7 heteroatoms. The lowest BCUT2D eigenvalue weighted by Crippen LogP contribution is -2.54. The lowest BCUT2D eigenvalue weighted by atomic mass is 9.92. The fraction of sp³-hybridized carbons (Fsp3) is 0.250. The predicted octanol–water partition coefficient (Wildman–Crippen LogP) is 6.37. The van der Waals surface area contributed by atoms with Crippen LogP contribution in [0.3, 0.4) is 0 Å². The summed E-state index contributed by atoms with van der Waals surface area (Å²) in [5, 5.41) is 0. The normalized spacial score (nSPS) is 14.8. The molecule has 1 aliphatic rings. The van der Waals surface area contributed by atoms with E-state index in [0.29, 0.717) is 12.0 Å². The van der Waals surface area contributed by atoms with Crippen molar-refractivity contribution in [3.63, 3.8) is 0 Å². The van der Waals surface area contributed by atoms with Gasteiger partial charge in [0.25, 0.3) is 0 Å². The van der Waals surface area contributed by atoms with Gasteiger partial charge in [0.15, 0.2) is 5.78 Å². The van der Waals surface area contributed by atoms with Crippen molar-refractivity contribution >= 4 is 17.8 Å². The molecule has 1 aliphatic heterocycles. The molecule has 0 saturated heterocycles. The van der Waals surface area contributed by atoms with Gasteiger partial charge in [-0.25, -0.2) is 4.79 Å². The zero-order valence-electron chi connectivity index (χ0n) is 24.5. The third-order valence-electron chi connectivity index (χ3n) is 7.85. The molecule has 5 rings (SSSR count). The molecular formula is C36H36N2O5. The molecule has 0 bridgehead atoms. The summed E-state index contributed by atoms with van der Waals surface area (Å²) in [5.74, 6) is -0.223. The zero-order chi connectivity index (χ0) is 30.2. The Morgan fingerprint density at radius 1 is 0.814 bits per heavy atom. The van der Waals surface area contributed by atoms with E-state index in [9.17, 15) is 14.4 Å². The summed E-state index contributed by atoms with van der Waals surface area (Å²) in [6, 6.07) is 33.2. The van der Waals surface area contributed by atoms with Gasteiger partial charge >= 0.3 is 6.09 Å². The minimum absolute atomic E-state index is 0.0217. The average Bonchev–Trinajstić information content (AvgIpc) is 3.05. The average molecular weight is 577 g/mol. The molecule has 2 atom stereocenters.